The molecule has 0 aliphatic carbocycles. The lowest BCUT2D eigenvalue weighted by Gasteiger charge is -2.09. The Balaban J connectivity index is 2.23. The van der Waals surface area contributed by atoms with E-state index in [0.717, 1.165) is 5.56 Å². The molecule has 110 valence electrons. The van der Waals surface area contributed by atoms with Crippen molar-refractivity contribution < 1.29 is 23.1 Å². The molecule has 6 nitrogen and oxygen atoms in total. The van der Waals surface area contributed by atoms with E-state index in [1.165, 1.54) is 12.1 Å². The van der Waals surface area contributed by atoms with Gasteiger partial charge in [0.25, 0.3) is 0 Å². The van der Waals surface area contributed by atoms with Crippen molar-refractivity contribution in [3.63, 3.8) is 0 Å². The standard InChI is InChI=1S/C12H14ClNO5S/c1-7-4-8-5-9(6-10(13)12(8)19-7)20(17,18)14-3-2-11(15)16/h5-7,14H,2-4H2,1H3,(H,15,16). The summed E-state index contributed by atoms with van der Waals surface area (Å²) in [6.45, 7) is 1.70. The highest BCUT2D eigenvalue weighted by atomic mass is 35.5. The monoisotopic (exact) mass is 319 g/mol. The molecule has 0 fully saturated rings. The van der Waals surface area contributed by atoms with Crippen molar-refractivity contribution >= 4 is 27.6 Å². The van der Waals surface area contributed by atoms with E-state index in [1.807, 2.05) is 6.92 Å². The molecular weight excluding hydrogens is 306 g/mol. The van der Waals surface area contributed by atoms with Crippen LogP contribution >= 0.6 is 11.6 Å². The number of halogens is 1. The quantitative estimate of drug-likeness (QED) is 0.856. The molecule has 1 atom stereocenters. The molecule has 2 rings (SSSR count). The first kappa shape index (κ1) is 15.1. The Morgan fingerprint density at radius 3 is 2.90 bits per heavy atom. The minimum Gasteiger partial charge on any atom is -0.489 e. The minimum absolute atomic E-state index is 0.0179. The van der Waals surface area contributed by atoms with E-state index in [1.54, 1.807) is 0 Å². The van der Waals surface area contributed by atoms with Crippen molar-refractivity contribution in [1.29, 1.82) is 0 Å². The maximum atomic E-state index is 12.0. The second-order valence-corrected chi connectivity index (χ2v) is 6.74. The first-order chi connectivity index (χ1) is 9.29. The average Bonchev–Trinajstić information content (AvgIpc) is 2.69. The molecule has 1 unspecified atom stereocenters. The molecule has 0 saturated carbocycles. The zero-order chi connectivity index (χ0) is 14.9. The lowest BCUT2D eigenvalue weighted by Crippen LogP contribution is -2.26. The van der Waals surface area contributed by atoms with Crippen LogP contribution in [-0.2, 0) is 21.2 Å². The number of sulfonamides is 1. The Labute approximate surface area is 121 Å². The second-order valence-electron chi connectivity index (χ2n) is 4.57. The van der Waals surface area contributed by atoms with Crippen LogP contribution in [0.4, 0.5) is 0 Å². The number of carboxylic acid groups (broad SMARTS) is 1. The van der Waals surface area contributed by atoms with Gasteiger partial charge in [-0.15, -0.1) is 0 Å². The largest absolute Gasteiger partial charge is 0.489 e. The number of fused-ring (bicyclic) bond motifs is 1. The van der Waals surface area contributed by atoms with Crippen molar-refractivity contribution in [1.82, 2.24) is 4.72 Å². The highest BCUT2D eigenvalue weighted by molar-refractivity contribution is 7.89. The molecule has 0 aromatic heterocycles. The third kappa shape index (κ3) is 3.23. The smallest absolute Gasteiger partial charge is 0.304 e. The molecule has 0 bridgehead atoms. The zero-order valence-corrected chi connectivity index (χ0v) is 12.3. The first-order valence-corrected chi connectivity index (χ1v) is 7.86. The van der Waals surface area contributed by atoms with Gasteiger partial charge in [-0.3, -0.25) is 4.79 Å². The molecule has 0 saturated heterocycles. The summed E-state index contributed by atoms with van der Waals surface area (Å²) in [4.78, 5) is 10.4. The number of ether oxygens (including phenoxy) is 1. The van der Waals surface area contributed by atoms with Crippen LogP contribution in [0, 0.1) is 0 Å². The van der Waals surface area contributed by atoms with E-state index in [2.05, 4.69) is 4.72 Å². The maximum absolute atomic E-state index is 12.0. The van der Waals surface area contributed by atoms with Gasteiger partial charge in [-0.2, -0.15) is 0 Å². The Hall–Kier alpha value is -1.31. The average molecular weight is 320 g/mol. The number of aliphatic carboxylic acids is 1. The number of benzene rings is 1. The minimum atomic E-state index is -3.77. The molecule has 1 aromatic carbocycles. The number of nitrogens with one attached hydrogen (secondary N) is 1. The van der Waals surface area contributed by atoms with Crippen LogP contribution in [0.1, 0.15) is 18.9 Å². The molecule has 20 heavy (non-hydrogen) atoms. The van der Waals surface area contributed by atoms with Gasteiger partial charge in [-0.05, 0) is 19.1 Å². The number of carboxylic acids is 1. The third-order valence-corrected chi connectivity index (χ3v) is 4.58. The first-order valence-electron chi connectivity index (χ1n) is 6.00. The molecule has 0 amide bonds. The van der Waals surface area contributed by atoms with Gasteiger partial charge >= 0.3 is 5.97 Å². The number of rotatable bonds is 5. The molecule has 0 spiro atoms. The summed E-state index contributed by atoms with van der Waals surface area (Å²) >= 11 is 6.02. The van der Waals surface area contributed by atoms with Crippen LogP contribution in [0.15, 0.2) is 17.0 Å². The predicted octanol–water partition coefficient (Wildman–Crippen LogP) is 1.42. The van der Waals surface area contributed by atoms with Crippen molar-refractivity contribution in [2.24, 2.45) is 0 Å². The molecule has 8 heteroatoms. The molecular formula is C12H14ClNO5S. The lowest BCUT2D eigenvalue weighted by atomic mass is 10.1. The van der Waals surface area contributed by atoms with Crippen molar-refractivity contribution in [2.75, 3.05) is 6.54 Å². The van der Waals surface area contributed by atoms with Crippen LogP contribution in [-0.4, -0.2) is 32.1 Å². The molecule has 2 N–H and O–H groups in total. The van der Waals surface area contributed by atoms with Gasteiger partial charge in [-0.1, -0.05) is 11.6 Å². The Morgan fingerprint density at radius 2 is 2.25 bits per heavy atom. The summed E-state index contributed by atoms with van der Waals surface area (Å²) in [6, 6.07) is 2.81. The van der Waals surface area contributed by atoms with Gasteiger partial charge < -0.3 is 9.84 Å². The molecule has 1 aliphatic heterocycles. The molecule has 1 aliphatic rings. The lowest BCUT2D eigenvalue weighted by molar-refractivity contribution is -0.136. The van der Waals surface area contributed by atoms with Crippen LogP contribution in [0.25, 0.3) is 0 Å². The summed E-state index contributed by atoms with van der Waals surface area (Å²) in [5.74, 6) is -0.550. The Morgan fingerprint density at radius 1 is 1.55 bits per heavy atom. The van der Waals surface area contributed by atoms with E-state index in [-0.39, 0.29) is 29.0 Å². The normalized spacial score (nSPS) is 17.6. The van der Waals surface area contributed by atoms with Crippen LogP contribution in [0.3, 0.4) is 0 Å². The van der Waals surface area contributed by atoms with Crippen molar-refractivity contribution in [3.05, 3.63) is 22.7 Å². The van der Waals surface area contributed by atoms with Crippen molar-refractivity contribution in [3.8, 4) is 5.75 Å². The van der Waals surface area contributed by atoms with Crippen molar-refractivity contribution in [2.45, 2.75) is 30.8 Å². The van der Waals surface area contributed by atoms with Crippen LogP contribution in [0.5, 0.6) is 5.75 Å². The summed E-state index contributed by atoms with van der Waals surface area (Å²) in [5.41, 5.74) is 0.739. The van der Waals surface area contributed by atoms with Crippen LogP contribution in [0.2, 0.25) is 5.02 Å². The summed E-state index contributed by atoms with van der Waals surface area (Å²) in [5, 5.41) is 8.75. The topological polar surface area (TPSA) is 92.7 Å². The van der Waals surface area contributed by atoms with Gasteiger partial charge in [0.1, 0.15) is 11.9 Å². The highest BCUT2D eigenvalue weighted by Crippen LogP contribution is 2.37. The highest BCUT2D eigenvalue weighted by Gasteiger charge is 2.25. The van der Waals surface area contributed by atoms with Gasteiger partial charge in [0.15, 0.2) is 0 Å². The molecule has 1 aromatic rings. The fourth-order valence-corrected chi connectivity index (χ4v) is 3.45. The fraction of sp³-hybridized carbons (Fsp3) is 0.417. The zero-order valence-electron chi connectivity index (χ0n) is 10.7. The van der Waals surface area contributed by atoms with E-state index in [4.69, 9.17) is 21.4 Å². The Bertz CT molecular complexity index is 643. The number of hydrogen-bond acceptors (Lipinski definition) is 4. The summed E-state index contributed by atoms with van der Waals surface area (Å²) in [6.07, 6.45) is 0.270. The molecule has 0 radical (unpaired) electrons. The van der Waals surface area contributed by atoms with E-state index in [0.29, 0.717) is 12.2 Å². The van der Waals surface area contributed by atoms with Gasteiger partial charge in [0, 0.05) is 18.5 Å². The van der Waals surface area contributed by atoms with Gasteiger partial charge in [0.2, 0.25) is 10.0 Å². The van der Waals surface area contributed by atoms with Gasteiger partial charge in [0.05, 0.1) is 16.3 Å². The predicted molar refractivity (Wildman–Crippen MR) is 72.7 cm³/mol. The SMILES string of the molecule is CC1Cc2cc(S(=O)(=O)NCCC(=O)O)cc(Cl)c2O1. The van der Waals surface area contributed by atoms with Gasteiger partial charge in [-0.25, -0.2) is 13.1 Å². The number of carbonyl (C=O) groups is 1. The van der Waals surface area contributed by atoms with Crippen LogP contribution < -0.4 is 9.46 Å². The molecule has 1 heterocycles. The van der Waals surface area contributed by atoms with E-state index in [9.17, 15) is 13.2 Å². The second kappa shape index (κ2) is 5.59. The summed E-state index contributed by atoms with van der Waals surface area (Å²) in [7, 11) is -3.77. The number of hydrogen-bond donors (Lipinski definition) is 2. The Kier molecular flexibility index (Phi) is 4.22. The maximum Gasteiger partial charge on any atom is 0.304 e. The van der Waals surface area contributed by atoms with E-state index < -0.39 is 16.0 Å². The fourth-order valence-electron chi connectivity index (χ4n) is 1.99. The van der Waals surface area contributed by atoms with E-state index >= 15 is 0 Å². The summed E-state index contributed by atoms with van der Waals surface area (Å²) < 4.78 is 31.8. The third-order valence-electron chi connectivity index (χ3n) is 2.86.